The fourth-order valence-electron chi connectivity index (χ4n) is 0.403. The molecule has 2 atom stereocenters. The van der Waals surface area contributed by atoms with Crippen LogP contribution in [0.3, 0.4) is 0 Å². The summed E-state index contributed by atoms with van der Waals surface area (Å²) in [4.78, 5) is 3.75. The van der Waals surface area contributed by atoms with Crippen molar-refractivity contribution in [2.75, 3.05) is 0 Å². The Bertz CT molecular complexity index is 91.7. The third-order valence-electron chi connectivity index (χ3n) is 0.989. The van der Waals surface area contributed by atoms with Crippen molar-refractivity contribution in [2.24, 2.45) is 10.7 Å². The van der Waals surface area contributed by atoms with Crippen molar-refractivity contribution in [2.45, 2.75) is 19.2 Å². The summed E-state index contributed by atoms with van der Waals surface area (Å²) in [7, 11) is 0. The zero-order chi connectivity index (χ0) is 5.28. The van der Waals surface area contributed by atoms with Crippen molar-refractivity contribution < 1.29 is 4.74 Å². The van der Waals surface area contributed by atoms with Crippen LogP contribution < -0.4 is 5.73 Å². The van der Waals surface area contributed by atoms with Gasteiger partial charge in [-0.15, -0.1) is 0 Å². The number of aliphatic imine (C=N–C) groups is 1. The highest BCUT2D eigenvalue weighted by Gasteiger charge is 2.14. The molecule has 0 saturated heterocycles. The molecule has 40 valence electrons. The molecule has 1 aliphatic rings. The zero-order valence-electron chi connectivity index (χ0n) is 4.16. The number of hydrogen-bond acceptors (Lipinski definition) is 3. The molecule has 0 aliphatic carbocycles. The Kier molecular flexibility index (Phi) is 0.982. The van der Waals surface area contributed by atoms with E-state index in [1.165, 1.54) is 6.40 Å². The lowest BCUT2D eigenvalue weighted by Crippen LogP contribution is -2.26. The first-order valence-corrected chi connectivity index (χ1v) is 2.23. The van der Waals surface area contributed by atoms with Crippen LogP contribution in [0.5, 0.6) is 0 Å². The third-order valence-corrected chi connectivity index (χ3v) is 0.989. The van der Waals surface area contributed by atoms with Crippen molar-refractivity contribution in [1.82, 2.24) is 0 Å². The quantitative estimate of drug-likeness (QED) is 0.455. The maximum atomic E-state index is 5.36. The summed E-state index contributed by atoms with van der Waals surface area (Å²) >= 11 is 0. The van der Waals surface area contributed by atoms with E-state index in [-0.39, 0.29) is 12.3 Å². The molecule has 0 bridgehead atoms. The summed E-state index contributed by atoms with van der Waals surface area (Å²) in [6.07, 6.45) is 1.33. The average Bonchev–Trinajstić information content (AvgIpc) is 1.91. The van der Waals surface area contributed by atoms with Crippen LogP contribution in [-0.2, 0) is 4.74 Å². The Morgan fingerprint density at radius 3 is 2.71 bits per heavy atom. The lowest BCUT2D eigenvalue weighted by atomic mass is 10.3. The summed E-state index contributed by atoms with van der Waals surface area (Å²) < 4.78 is 4.85. The van der Waals surface area contributed by atoms with Crippen LogP contribution in [0.1, 0.15) is 6.92 Å². The highest BCUT2D eigenvalue weighted by molar-refractivity contribution is 5.49. The summed E-state index contributed by atoms with van der Waals surface area (Å²) in [5.41, 5.74) is 5.36. The van der Waals surface area contributed by atoms with Crippen LogP contribution in [0, 0.1) is 0 Å². The van der Waals surface area contributed by atoms with Gasteiger partial charge in [0.2, 0.25) is 0 Å². The highest BCUT2D eigenvalue weighted by Crippen LogP contribution is 2.00. The number of rotatable bonds is 0. The largest absolute Gasteiger partial charge is 0.477 e. The van der Waals surface area contributed by atoms with E-state index >= 15 is 0 Å². The average molecular weight is 100 g/mol. The molecule has 0 spiro atoms. The van der Waals surface area contributed by atoms with Gasteiger partial charge in [-0.3, -0.25) is 0 Å². The molecular formula is C4H8N2O. The summed E-state index contributed by atoms with van der Waals surface area (Å²) in [5, 5.41) is 0. The molecule has 0 aromatic heterocycles. The molecule has 7 heavy (non-hydrogen) atoms. The Hall–Kier alpha value is -0.570. The van der Waals surface area contributed by atoms with Crippen LogP contribution in [0.4, 0.5) is 0 Å². The van der Waals surface area contributed by atoms with Crippen LogP contribution in [0.2, 0.25) is 0 Å². The molecule has 3 nitrogen and oxygen atoms in total. The Balaban J connectivity index is 2.45. The Morgan fingerprint density at radius 2 is 2.57 bits per heavy atom. The van der Waals surface area contributed by atoms with Crippen LogP contribution in [-0.4, -0.2) is 18.7 Å². The molecule has 0 aromatic carbocycles. The molecule has 0 radical (unpaired) electrons. The zero-order valence-corrected chi connectivity index (χ0v) is 4.16. The fourth-order valence-corrected chi connectivity index (χ4v) is 0.403. The number of nitrogens with zero attached hydrogens (tertiary/aromatic N) is 1. The molecule has 2 N–H and O–H groups in total. The van der Waals surface area contributed by atoms with Crippen LogP contribution in [0.25, 0.3) is 0 Å². The van der Waals surface area contributed by atoms with Crippen molar-refractivity contribution in [1.29, 1.82) is 0 Å². The van der Waals surface area contributed by atoms with E-state index in [4.69, 9.17) is 10.5 Å². The molecule has 0 saturated carbocycles. The topological polar surface area (TPSA) is 47.6 Å². The van der Waals surface area contributed by atoms with Gasteiger partial charge in [0, 0.05) is 0 Å². The van der Waals surface area contributed by atoms with Crippen molar-refractivity contribution in [3.8, 4) is 0 Å². The lowest BCUT2D eigenvalue weighted by Gasteiger charge is -2.03. The highest BCUT2D eigenvalue weighted by atomic mass is 16.5. The minimum Gasteiger partial charge on any atom is -0.477 e. The summed E-state index contributed by atoms with van der Waals surface area (Å²) in [6, 6.07) is 0. The molecule has 0 aromatic rings. The first-order valence-electron chi connectivity index (χ1n) is 2.23. The maximum absolute atomic E-state index is 5.36. The fraction of sp³-hybridized carbons (Fsp3) is 0.750. The second-order valence-corrected chi connectivity index (χ2v) is 1.59. The van der Waals surface area contributed by atoms with E-state index < -0.39 is 0 Å². The van der Waals surface area contributed by atoms with E-state index in [1.807, 2.05) is 6.92 Å². The van der Waals surface area contributed by atoms with Crippen molar-refractivity contribution in [3.63, 3.8) is 0 Å². The molecule has 1 heterocycles. The predicted octanol–water partition coefficient (Wildman–Crippen LogP) is -0.282. The Labute approximate surface area is 42.2 Å². The molecule has 1 rings (SSSR count). The first kappa shape index (κ1) is 4.59. The standard InChI is InChI=1S/C4H8N2O/c1-3-4(5)6-2-7-3/h2-4H,5H2,1H3. The van der Waals surface area contributed by atoms with Gasteiger partial charge in [-0.2, -0.15) is 0 Å². The first-order chi connectivity index (χ1) is 3.30. The van der Waals surface area contributed by atoms with E-state index in [2.05, 4.69) is 4.99 Å². The van der Waals surface area contributed by atoms with Gasteiger partial charge in [0.1, 0.15) is 12.3 Å². The van der Waals surface area contributed by atoms with Gasteiger partial charge in [-0.05, 0) is 6.92 Å². The van der Waals surface area contributed by atoms with E-state index in [0.717, 1.165) is 0 Å². The van der Waals surface area contributed by atoms with Gasteiger partial charge >= 0.3 is 0 Å². The second-order valence-electron chi connectivity index (χ2n) is 1.59. The molecule has 1 aliphatic heterocycles. The smallest absolute Gasteiger partial charge is 0.171 e. The number of ether oxygens (including phenoxy) is 1. The second kappa shape index (κ2) is 1.50. The maximum Gasteiger partial charge on any atom is 0.171 e. The number of nitrogens with two attached hydrogens (primary N) is 1. The third kappa shape index (κ3) is 0.718. The lowest BCUT2D eigenvalue weighted by molar-refractivity contribution is 0.223. The van der Waals surface area contributed by atoms with Gasteiger partial charge in [0.15, 0.2) is 6.40 Å². The van der Waals surface area contributed by atoms with Crippen molar-refractivity contribution in [3.05, 3.63) is 0 Å². The van der Waals surface area contributed by atoms with E-state index in [9.17, 15) is 0 Å². The predicted molar refractivity (Wildman–Crippen MR) is 27.0 cm³/mol. The van der Waals surface area contributed by atoms with Gasteiger partial charge in [0.25, 0.3) is 0 Å². The van der Waals surface area contributed by atoms with Crippen LogP contribution in [0.15, 0.2) is 4.99 Å². The van der Waals surface area contributed by atoms with Gasteiger partial charge < -0.3 is 10.5 Å². The van der Waals surface area contributed by atoms with E-state index in [1.54, 1.807) is 0 Å². The molecular weight excluding hydrogens is 92.1 g/mol. The molecule has 2 unspecified atom stereocenters. The molecule has 0 fully saturated rings. The molecule has 3 heteroatoms. The summed E-state index contributed by atoms with van der Waals surface area (Å²) in [5.74, 6) is 0. The summed E-state index contributed by atoms with van der Waals surface area (Å²) in [6.45, 7) is 1.89. The SMILES string of the molecule is CC1OC=NC1N. The minimum absolute atomic E-state index is 0.0694. The van der Waals surface area contributed by atoms with Crippen LogP contribution >= 0.6 is 0 Å². The van der Waals surface area contributed by atoms with Gasteiger partial charge in [0.05, 0.1) is 0 Å². The van der Waals surface area contributed by atoms with Gasteiger partial charge in [-0.25, -0.2) is 4.99 Å². The van der Waals surface area contributed by atoms with E-state index in [0.29, 0.717) is 0 Å². The van der Waals surface area contributed by atoms with Gasteiger partial charge in [-0.1, -0.05) is 0 Å². The van der Waals surface area contributed by atoms with Crippen molar-refractivity contribution >= 4 is 6.40 Å². The number of hydrogen-bond donors (Lipinski definition) is 1. The Morgan fingerprint density at radius 1 is 1.86 bits per heavy atom. The molecule has 0 amide bonds. The monoisotopic (exact) mass is 100 g/mol. The minimum atomic E-state index is -0.139. The normalized spacial score (nSPS) is 38.6.